The number of amides is 2. The molecule has 8 aromatic heterocycles. The molecule has 0 bridgehead atoms. The summed E-state index contributed by atoms with van der Waals surface area (Å²) in [6.07, 6.45) is 21.7. The van der Waals surface area contributed by atoms with E-state index in [1.165, 1.54) is 32.6 Å². The number of nitrogen functional groups attached to an aromatic ring is 1. The van der Waals surface area contributed by atoms with Crippen molar-refractivity contribution in [1.82, 2.24) is 39.9 Å². The van der Waals surface area contributed by atoms with Gasteiger partial charge in [0.1, 0.15) is 29.9 Å². The molecule has 5 N–H and O–H groups in total. The SMILES string of the molecule is Brc1cncc(Br)c1.CC(=O)Cc1cc(B2OC(C)(C)C(C)(C)O2)ccn1.CC(=O)Nc1cc(-c2cncc(Br)c2)ccn1.CC(=O)Nc1cc(-c2cncc(Nc3ncco3)c2)ccn1.Nc1ncco1. The number of hydrogen-bond acceptors (Lipinski definition) is 17. The van der Waals surface area contributed by atoms with Crippen LogP contribution in [0.1, 0.15) is 54.2 Å². The minimum absolute atomic E-state index is 0.0959. The normalized spacial score (nSPS) is 12.7. The van der Waals surface area contributed by atoms with Gasteiger partial charge in [0.15, 0.2) is 0 Å². The fourth-order valence-electron chi connectivity index (χ4n) is 5.96. The van der Waals surface area contributed by atoms with Crippen LogP contribution in [0.5, 0.6) is 0 Å². The van der Waals surface area contributed by atoms with Gasteiger partial charge in [-0.2, -0.15) is 0 Å². The second-order valence-electron chi connectivity index (χ2n) is 16.3. The Morgan fingerprint density at radius 2 is 1.10 bits per heavy atom. The van der Waals surface area contributed by atoms with Crippen LogP contribution in [0.2, 0.25) is 0 Å². The molecule has 23 heteroatoms. The van der Waals surface area contributed by atoms with Crippen LogP contribution >= 0.6 is 47.8 Å². The third kappa shape index (κ3) is 18.6. The number of Topliss-reactive ketones (excluding diaryl/α,β-unsaturated/α-hetero) is 1. The molecule has 19 nitrogen and oxygen atoms in total. The van der Waals surface area contributed by atoms with Gasteiger partial charge in [-0.25, -0.2) is 19.9 Å². The summed E-state index contributed by atoms with van der Waals surface area (Å²) < 4.78 is 24.5. The van der Waals surface area contributed by atoms with Crippen LogP contribution in [0.4, 0.5) is 29.4 Å². The zero-order chi connectivity index (χ0) is 52.3. The lowest BCUT2D eigenvalue weighted by molar-refractivity contribution is -0.116. The summed E-state index contributed by atoms with van der Waals surface area (Å²) >= 11 is 9.91. The summed E-state index contributed by atoms with van der Waals surface area (Å²) in [5, 5.41) is 8.32. The molecule has 8 aromatic rings. The number of halogens is 3. The number of anilines is 5. The Balaban J connectivity index is 0.000000177. The molecule has 72 heavy (non-hydrogen) atoms. The van der Waals surface area contributed by atoms with Crippen molar-refractivity contribution in [2.24, 2.45) is 0 Å². The van der Waals surface area contributed by atoms with E-state index in [4.69, 9.17) is 19.5 Å². The fraction of sp³-hybridized carbons (Fsp3) is 0.204. The molecule has 0 aliphatic carbocycles. The number of carbonyl (C=O) groups is 3. The summed E-state index contributed by atoms with van der Waals surface area (Å²) in [4.78, 5) is 65.3. The monoisotopic (exact) mass is 1170 g/mol. The lowest BCUT2D eigenvalue weighted by Crippen LogP contribution is -2.41. The molecule has 1 aliphatic rings. The first-order valence-corrected chi connectivity index (χ1v) is 24.0. The topological polar surface area (TPSA) is 261 Å². The van der Waals surface area contributed by atoms with Gasteiger partial charge in [-0.05, 0) is 154 Å². The first-order valence-electron chi connectivity index (χ1n) is 21.7. The predicted molar refractivity (Wildman–Crippen MR) is 286 cm³/mol. The van der Waals surface area contributed by atoms with Crippen molar-refractivity contribution < 1.29 is 32.5 Å². The number of nitrogens with one attached hydrogen (secondary N) is 3. The van der Waals surface area contributed by atoms with Crippen LogP contribution in [0.25, 0.3) is 22.3 Å². The lowest BCUT2D eigenvalue weighted by Gasteiger charge is -2.32. The molecule has 1 aliphatic heterocycles. The summed E-state index contributed by atoms with van der Waals surface area (Å²) in [5.74, 6) is 0.828. The molecule has 1 saturated heterocycles. The van der Waals surface area contributed by atoms with Crippen LogP contribution in [-0.4, -0.2) is 75.8 Å². The van der Waals surface area contributed by atoms with Crippen molar-refractivity contribution in [2.45, 2.75) is 66.1 Å². The smallest absolute Gasteiger partial charge is 0.432 e. The molecule has 0 spiro atoms. The molecule has 9 heterocycles. The van der Waals surface area contributed by atoms with Gasteiger partial charge in [-0.3, -0.25) is 34.3 Å². The summed E-state index contributed by atoms with van der Waals surface area (Å²) in [7, 11) is -0.404. The van der Waals surface area contributed by atoms with Crippen molar-refractivity contribution >= 4 is 107 Å². The van der Waals surface area contributed by atoms with Gasteiger partial charge in [0.2, 0.25) is 11.8 Å². The van der Waals surface area contributed by atoms with Gasteiger partial charge in [-0.15, -0.1) is 0 Å². The van der Waals surface area contributed by atoms with E-state index >= 15 is 0 Å². The van der Waals surface area contributed by atoms with E-state index in [1.54, 1.807) is 75.0 Å². The van der Waals surface area contributed by atoms with Crippen molar-refractivity contribution in [3.63, 3.8) is 0 Å². The quantitative estimate of drug-likeness (QED) is 0.0980. The minimum atomic E-state index is -0.404. The van der Waals surface area contributed by atoms with Crippen molar-refractivity contribution in [3.05, 3.63) is 154 Å². The van der Waals surface area contributed by atoms with Crippen LogP contribution in [0.3, 0.4) is 0 Å². The van der Waals surface area contributed by atoms with Gasteiger partial charge < -0.3 is 39.8 Å². The van der Waals surface area contributed by atoms with Crippen LogP contribution in [-0.2, 0) is 30.1 Å². The largest absolute Gasteiger partial charge is 0.494 e. The molecule has 0 atom stereocenters. The van der Waals surface area contributed by atoms with Crippen molar-refractivity contribution in [1.29, 1.82) is 0 Å². The summed E-state index contributed by atoms with van der Waals surface area (Å²) in [6.45, 7) is 12.5. The second kappa shape index (κ2) is 27.0. The number of hydrogen-bond donors (Lipinski definition) is 4. The first-order chi connectivity index (χ1) is 34.2. The van der Waals surface area contributed by atoms with Gasteiger partial charge in [0.05, 0.1) is 35.5 Å². The average Bonchev–Trinajstić information content (AvgIpc) is 4.08. The number of carbonyl (C=O) groups excluding carboxylic acids is 3. The number of nitrogens with two attached hydrogens (primary N) is 1. The molecule has 0 aromatic carbocycles. The number of nitrogens with zero attached hydrogens (tertiary/aromatic N) is 8. The highest BCUT2D eigenvalue weighted by molar-refractivity contribution is 9.11. The highest BCUT2D eigenvalue weighted by Crippen LogP contribution is 2.36. The first kappa shape index (κ1) is 55.9. The zero-order valence-corrected chi connectivity index (χ0v) is 44.9. The van der Waals surface area contributed by atoms with E-state index in [2.05, 4.69) is 108 Å². The standard InChI is InChI=1S/C15H13N5O2.C14H20BNO3.C12H10BrN3O.C5H3Br2N.C3H4N2O/c1-10(21)19-14-7-11(2-3-17-14)12-6-13(9-16-8-12)20-15-18-4-5-22-15;1-10(17)8-12-9-11(6-7-16-12)15-18-13(2,3)14(4,5)19-15;1-8(17)16-12-5-9(2-3-15-12)10-4-11(13)7-14-6-10;6-4-1-5(7)3-8-2-4;4-3-5-1-2-6-3/h2-9H,1H3,(H,18,20)(H,17,19,21);6-7,9H,8H2,1-5H3;2-7H,1H3,(H,15,16,17);1-3H;1-2H,(H2,4,5). The van der Waals surface area contributed by atoms with Crippen molar-refractivity contribution in [3.8, 4) is 22.3 Å². The lowest BCUT2D eigenvalue weighted by atomic mass is 9.79. The molecule has 0 unspecified atom stereocenters. The Bertz CT molecular complexity index is 2990. The Kier molecular flexibility index (Phi) is 20.9. The maximum atomic E-state index is 11.1. The highest BCUT2D eigenvalue weighted by Gasteiger charge is 2.51. The highest BCUT2D eigenvalue weighted by atomic mass is 79.9. The molecular weight excluding hydrogens is 1120 g/mol. The Hall–Kier alpha value is -7.05. The predicted octanol–water partition coefficient (Wildman–Crippen LogP) is 10.1. The second-order valence-corrected chi connectivity index (χ2v) is 19.0. The summed E-state index contributed by atoms with van der Waals surface area (Å²) in [6, 6.07) is 17.5. The molecule has 2 amide bonds. The maximum Gasteiger partial charge on any atom is 0.494 e. The van der Waals surface area contributed by atoms with Crippen molar-refractivity contribution in [2.75, 3.05) is 21.7 Å². The Morgan fingerprint density at radius 3 is 1.56 bits per heavy atom. The maximum absolute atomic E-state index is 11.1. The summed E-state index contributed by atoms with van der Waals surface area (Å²) in [5.41, 5.74) is 10.4. The van der Waals surface area contributed by atoms with E-state index in [0.29, 0.717) is 24.1 Å². The van der Waals surface area contributed by atoms with Gasteiger partial charge in [0.25, 0.3) is 12.0 Å². The number of pyridine rings is 6. The Morgan fingerprint density at radius 1 is 0.583 bits per heavy atom. The van der Waals surface area contributed by atoms with E-state index < -0.39 is 7.12 Å². The fourth-order valence-corrected chi connectivity index (χ4v) is 7.36. The average molecular weight is 1170 g/mol. The molecular formula is C49H50BBr3N12O7. The third-order valence-electron chi connectivity index (χ3n) is 9.84. The van der Waals surface area contributed by atoms with Gasteiger partial charge in [-0.1, -0.05) is 0 Å². The van der Waals surface area contributed by atoms with E-state index in [-0.39, 0.29) is 34.8 Å². The van der Waals surface area contributed by atoms with Crippen LogP contribution < -0.4 is 27.1 Å². The van der Waals surface area contributed by atoms with Gasteiger partial charge in [0, 0.05) is 100 Å². The number of aromatic nitrogens is 8. The third-order valence-corrected chi connectivity index (χ3v) is 11.1. The van der Waals surface area contributed by atoms with Gasteiger partial charge >= 0.3 is 7.12 Å². The van der Waals surface area contributed by atoms with E-state index in [0.717, 1.165) is 52.5 Å². The molecule has 0 saturated carbocycles. The number of oxazole rings is 2. The molecule has 372 valence electrons. The molecule has 1 fully saturated rings. The van der Waals surface area contributed by atoms with Crippen LogP contribution in [0.15, 0.2) is 158 Å². The number of rotatable bonds is 9. The van der Waals surface area contributed by atoms with E-state index in [9.17, 15) is 14.4 Å². The zero-order valence-electron chi connectivity index (χ0n) is 40.1. The van der Waals surface area contributed by atoms with Crippen LogP contribution in [0, 0.1) is 0 Å². The number of ketones is 1. The Labute approximate surface area is 441 Å². The molecule has 9 rings (SSSR count). The minimum Gasteiger partial charge on any atom is -0.432 e. The molecule has 0 radical (unpaired) electrons. The van der Waals surface area contributed by atoms with E-state index in [1.807, 2.05) is 76.2 Å².